The van der Waals surface area contributed by atoms with Crippen LogP contribution in [-0.2, 0) is 11.3 Å². The fourth-order valence-corrected chi connectivity index (χ4v) is 2.56. The van der Waals surface area contributed by atoms with Gasteiger partial charge in [0, 0.05) is 45.1 Å². The molecule has 0 radical (unpaired) electrons. The number of amides is 1. The van der Waals surface area contributed by atoms with Crippen LogP contribution in [0.3, 0.4) is 0 Å². The van der Waals surface area contributed by atoms with Crippen molar-refractivity contribution in [2.24, 2.45) is 5.73 Å². The Bertz CT molecular complexity index is 423. The first-order valence-corrected chi connectivity index (χ1v) is 6.73. The minimum atomic E-state index is -0.226. The molecule has 1 amide bonds. The number of carbonyl (C=O) groups excluding carboxylic acids is 1. The Kier molecular flexibility index (Phi) is 4.50. The molecule has 1 aromatic heterocycles. The highest BCUT2D eigenvalue weighted by molar-refractivity contribution is 5.82. The quantitative estimate of drug-likeness (QED) is 0.859. The summed E-state index contributed by atoms with van der Waals surface area (Å²) in [5, 5.41) is 0. The predicted molar refractivity (Wildman–Crippen MR) is 74.3 cm³/mol. The van der Waals surface area contributed by atoms with Crippen molar-refractivity contribution in [1.82, 2.24) is 14.8 Å². The molecule has 2 rings (SSSR count). The van der Waals surface area contributed by atoms with E-state index in [9.17, 15) is 4.79 Å². The summed E-state index contributed by atoms with van der Waals surface area (Å²) in [5.41, 5.74) is 6.99. The second-order valence-corrected chi connectivity index (χ2v) is 5.18. The van der Waals surface area contributed by atoms with E-state index in [0.717, 1.165) is 25.1 Å². The Balaban J connectivity index is 2.21. The van der Waals surface area contributed by atoms with Crippen LogP contribution in [0.1, 0.15) is 18.9 Å². The molecule has 2 unspecified atom stereocenters. The molecule has 2 N–H and O–H groups in total. The summed E-state index contributed by atoms with van der Waals surface area (Å²) in [6.07, 6.45) is 4.54. The maximum absolute atomic E-state index is 12.3. The molecule has 1 aromatic rings. The number of aromatic nitrogens is 1. The van der Waals surface area contributed by atoms with Gasteiger partial charge >= 0.3 is 0 Å². The Morgan fingerprint density at radius 3 is 2.74 bits per heavy atom. The third-order valence-corrected chi connectivity index (χ3v) is 3.85. The van der Waals surface area contributed by atoms with Gasteiger partial charge in [0.2, 0.25) is 5.91 Å². The maximum atomic E-state index is 12.3. The number of hydrogen-bond acceptors (Lipinski definition) is 4. The minimum absolute atomic E-state index is 0.126. The monoisotopic (exact) mass is 262 g/mol. The Morgan fingerprint density at radius 1 is 1.42 bits per heavy atom. The first-order chi connectivity index (χ1) is 9.13. The molecule has 0 saturated carbocycles. The van der Waals surface area contributed by atoms with Crippen molar-refractivity contribution in [2.75, 3.05) is 20.1 Å². The third kappa shape index (κ3) is 3.11. The molecule has 0 aliphatic carbocycles. The Morgan fingerprint density at radius 2 is 2.11 bits per heavy atom. The van der Waals surface area contributed by atoms with Crippen LogP contribution >= 0.6 is 0 Å². The highest BCUT2D eigenvalue weighted by Crippen LogP contribution is 2.19. The molecule has 0 bridgehead atoms. The van der Waals surface area contributed by atoms with Crippen LogP contribution in [0.5, 0.6) is 0 Å². The van der Waals surface area contributed by atoms with Crippen LogP contribution in [0, 0.1) is 0 Å². The second kappa shape index (κ2) is 6.12. The van der Waals surface area contributed by atoms with Crippen molar-refractivity contribution in [3.63, 3.8) is 0 Å². The van der Waals surface area contributed by atoms with Crippen LogP contribution in [0.4, 0.5) is 0 Å². The van der Waals surface area contributed by atoms with Crippen molar-refractivity contribution >= 4 is 5.91 Å². The van der Waals surface area contributed by atoms with Gasteiger partial charge in [-0.15, -0.1) is 0 Å². The molecule has 0 aromatic carbocycles. The number of pyridine rings is 1. The Labute approximate surface area is 114 Å². The highest BCUT2D eigenvalue weighted by atomic mass is 16.2. The maximum Gasteiger partial charge on any atom is 0.241 e. The van der Waals surface area contributed by atoms with E-state index in [1.165, 1.54) is 0 Å². The second-order valence-electron chi connectivity index (χ2n) is 5.18. The molecule has 1 saturated heterocycles. The normalized spacial score (nSPS) is 25.4. The van der Waals surface area contributed by atoms with Crippen molar-refractivity contribution < 1.29 is 4.79 Å². The van der Waals surface area contributed by atoms with Gasteiger partial charge in [-0.25, -0.2) is 0 Å². The molecule has 0 spiro atoms. The zero-order valence-corrected chi connectivity index (χ0v) is 11.6. The SMILES string of the molecule is CC1CCN(C)C(=O)C(CN)N1Cc1ccncc1. The summed E-state index contributed by atoms with van der Waals surface area (Å²) in [4.78, 5) is 20.3. The van der Waals surface area contributed by atoms with Gasteiger partial charge in [0.05, 0.1) is 0 Å². The Hall–Kier alpha value is -1.46. The fourth-order valence-electron chi connectivity index (χ4n) is 2.56. The van der Waals surface area contributed by atoms with Gasteiger partial charge in [-0.1, -0.05) is 0 Å². The van der Waals surface area contributed by atoms with Crippen LogP contribution in [0.15, 0.2) is 24.5 Å². The van der Waals surface area contributed by atoms with E-state index in [0.29, 0.717) is 12.6 Å². The topological polar surface area (TPSA) is 62.5 Å². The van der Waals surface area contributed by atoms with Crippen molar-refractivity contribution in [3.05, 3.63) is 30.1 Å². The molecule has 1 fully saturated rings. The van der Waals surface area contributed by atoms with Gasteiger partial charge in [-0.05, 0) is 31.0 Å². The van der Waals surface area contributed by atoms with Crippen LogP contribution in [0.25, 0.3) is 0 Å². The van der Waals surface area contributed by atoms with Crippen molar-refractivity contribution in [3.8, 4) is 0 Å². The summed E-state index contributed by atoms with van der Waals surface area (Å²) in [5.74, 6) is 0.126. The van der Waals surface area contributed by atoms with Gasteiger partial charge in [0.1, 0.15) is 6.04 Å². The van der Waals surface area contributed by atoms with Gasteiger partial charge in [-0.2, -0.15) is 0 Å². The van der Waals surface area contributed by atoms with Gasteiger partial charge in [0.25, 0.3) is 0 Å². The van der Waals surface area contributed by atoms with E-state index < -0.39 is 0 Å². The minimum Gasteiger partial charge on any atom is -0.344 e. The van der Waals surface area contributed by atoms with E-state index in [4.69, 9.17) is 5.73 Å². The zero-order chi connectivity index (χ0) is 13.8. The largest absolute Gasteiger partial charge is 0.344 e. The van der Waals surface area contributed by atoms with Crippen molar-refractivity contribution in [1.29, 1.82) is 0 Å². The molecule has 5 heteroatoms. The molecule has 2 atom stereocenters. The summed E-state index contributed by atoms with van der Waals surface area (Å²) < 4.78 is 0. The number of nitrogens with two attached hydrogens (primary N) is 1. The lowest BCUT2D eigenvalue weighted by atomic mass is 10.1. The molecule has 1 aliphatic rings. The van der Waals surface area contributed by atoms with E-state index in [-0.39, 0.29) is 11.9 Å². The number of hydrogen-bond donors (Lipinski definition) is 1. The van der Waals surface area contributed by atoms with E-state index >= 15 is 0 Å². The zero-order valence-electron chi connectivity index (χ0n) is 11.6. The lowest BCUT2D eigenvalue weighted by Gasteiger charge is -2.32. The molecular weight excluding hydrogens is 240 g/mol. The highest BCUT2D eigenvalue weighted by Gasteiger charge is 2.33. The predicted octanol–water partition coefficient (Wildman–Crippen LogP) is 0.462. The summed E-state index contributed by atoms with van der Waals surface area (Å²) in [6, 6.07) is 4.09. The lowest BCUT2D eigenvalue weighted by Crippen LogP contribution is -2.50. The molecule has 2 heterocycles. The summed E-state index contributed by atoms with van der Waals surface area (Å²) in [7, 11) is 1.85. The van der Waals surface area contributed by atoms with E-state index in [1.807, 2.05) is 19.2 Å². The van der Waals surface area contributed by atoms with Crippen molar-refractivity contribution in [2.45, 2.75) is 32.0 Å². The van der Waals surface area contributed by atoms with Crippen LogP contribution < -0.4 is 5.73 Å². The van der Waals surface area contributed by atoms with Gasteiger partial charge in [0.15, 0.2) is 0 Å². The number of likely N-dealkylation sites (N-methyl/N-ethyl adjacent to an activating group) is 1. The molecule has 19 heavy (non-hydrogen) atoms. The van der Waals surface area contributed by atoms with Gasteiger partial charge < -0.3 is 10.6 Å². The van der Waals surface area contributed by atoms with E-state index in [1.54, 1.807) is 17.3 Å². The lowest BCUT2D eigenvalue weighted by molar-refractivity contribution is -0.134. The number of rotatable bonds is 3. The van der Waals surface area contributed by atoms with Gasteiger partial charge in [-0.3, -0.25) is 14.7 Å². The average Bonchev–Trinajstić information content (AvgIpc) is 2.53. The smallest absolute Gasteiger partial charge is 0.241 e. The molecular formula is C14H22N4O. The molecule has 5 nitrogen and oxygen atoms in total. The standard InChI is InChI=1S/C14H22N4O/c1-11-5-8-17(2)14(19)13(9-15)18(11)10-12-3-6-16-7-4-12/h3-4,6-7,11,13H,5,8-10,15H2,1-2H3. The van der Waals surface area contributed by atoms with Crippen LogP contribution in [-0.4, -0.2) is 52.9 Å². The summed E-state index contributed by atoms with van der Waals surface area (Å²) >= 11 is 0. The third-order valence-electron chi connectivity index (χ3n) is 3.85. The number of nitrogens with zero attached hydrogens (tertiary/aromatic N) is 3. The molecule has 1 aliphatic heterocycles. The van der Waals surface area contributed by atoms with E-state index in [2.05, 4.69) is 16.8 Å². The first kappa shape index (κ1) is 14.0. The summed E-state index contributed by atoms with van der Waals surface area (Å²) in [6.45, 7) is 4.06. The first-order valence-electron chi connectivity index (χ1n) is 6.73. The van der Waals surface area contributed by atoms with Crippen LogP contribution in [0.2, 0.25) is 0 Å². The fraction of sp³-hybridized carbons (Fsp3) is 0.571. The molecule has 104 valence electrons. The average molecular weight is 262 g/mol. The number of carbonyl (C=O) groups is 1.